The molecule has 0 aromatic rings. The lowest BCUT2D eigenvalue weighted by molar-refractivity contribution is -0.202. The van der Waals surface area contributed by atoms with Gasteiger partial charge in [-0.25, -0.2) is 0 Å². The van der Waals surface area contributed by atoms with Crippen LogP contribution in [0.4, 0.5) is 0 Å². The summed E-state index contributed by atoms with van der Waals surface area (Å²) in [7, 11) is 0. The lowest BCUT2D eigenvalue weighted by atomic mass is 9.43. The van der Waals surface area contributed by atoms with E-state index >= 15 is 0 Å². The Morgan fingerprint density at radius 1 is 1.16 bits per heavy atom. The fraction of sp³-hybridized carbons (Fsp3) is 0.958. The minimum Gasteiger partial charge on any atom is -0.481 e. The molecule has 4 aliphatic carbocycles. The van der Waals surface area contributed by atoms with Gasteiger partial charge in [-0.1, -0.05) is 25.9 Å². The summed E-state index contributed by atoms with van der Waals surface area (Å²) < 4.78 is 0. The van der Waals surface area contributed by atoms with Crippen LogP contribution in [0, 0.1) is 46.3 Å². The Morgan fingerprint density at radius 3 is 2.58 bits per heavy atom. The molecule has 0 aliphatic heterocycles. The van der Waals surface area contributed by atoms with Crippen molar-refractivity contribution in [3.05, 3.63) is 10.4 Å². The Balaban J connectivity index is 1.59. The van der Waals surface area contributed by atoms with E-state index in [1.807, 2.05) is 0 Å². The predicted octanol–water partition coefficient (Wildman–Crippen LogP) is 4.77. The van der Waals surface area contributed by atoms with E-state index in [0.29, 0.717) is 18.3 Å². The third-order valence-electron chi connectivity index (χ3n) is 10.5. The molecule has 3 N–H and O–H groups in total. The van der Waals surface area contributed by atoms with Gasteiger partial charge >= 0.3 is 5.97 Å². The average molecular weight is 434 g/mol. The first kappa shape index (κ1) is 22.9. The maximum Gasteiger partial charge on any atom is 0.303 e. The molecule has 174 valence electrons. The Morgan fingerprint density at radius 2 is 1.90 bits per heavy atom. The maximum absolute atomic E-state index is 11.5. The van der Waals surface area contributed by atoms with Crippen LogP contribution < -0.4 is 0 Å². The smallest absolute Gasteiger partial charge is 0.303 e. The molecule has 31 heavy (non-hydrogen) atoms. The molecule has 0 amide bonds. The summed E-state index contributed by atoms with van der Waals surface area (Å²) in [6.45, 7) is 6.71. The molecule has 0 saturated heterocycles. The fourth-order valence-corrected chi connectivity index (χ4v) is 8.86. The molecule has 0 unspecified atom stereocenters. The SMILES string of the molecule is C[C@H](CCC(=O)O)[C@H]1CC[C@H]2[C@@H]3[C@H](O)C[C@H]4C[C@@H](N=[N+]=[N-])CC[C@]4(C)[C@H]3C[C@H](O)[C@]12C. The number of fused-ring (bicyclic) bond motifs is 5. The molecule has 7 nitrogen and oxygen atoms in total. The van der Waals surface area contributed by atoms with E-state index in [2.05, 4.69) is 30.8 Å². The number of carbonyl (C=O) groups is 1. The van der Waals surface area contributed by atoms with E-state index in [-0.39, 0.29) is 53.1 Å². The van der Waals surface area contributed by atoms with Crippen LogP contribution >= 0.6 is 0 Å². The maximum atomic E-state index is 11.5. The van der Waals surface area contributed by atoms with Crippen molar-refractivity contribution in [2.45, 2.75) is 96.8 Å². The van der Waals surface area contributed by atoms with Gasteiger partial charge in [0.05, 0.1) is 12.2 Å². The predicted molar refractivity (Wildman–Crippen MR) is 117 cm³/mol. The molecule has 0 bridgehead atoms. The van der Waals surface area contributed by atoms with Crippen LogP contribution in [0.3, 0.4) is 0 Å². The third-order valence-corrected chi connectivity index (χ3v) is 10.5. The summed E-state index contributed by atoms with van der Waals surface area (Å²) in [5.41, 5.74) is 8.68. The van der Waals surface area contributed by atoms with Gasteiger partial charge < -0.3 is 15.3 Å². The highest BCUT2D eigenvalue weighted by molar-refractivity contribution is 5.66. The van der Waals surface area contributed by atoms with Crippen molar-refractivity contribution in [2.75, 3.05) is 0 Å². The summed E-state index contributed by atoms with van der Waals surface area (Å²) in [6.07, 6.45) is 6.24. The van der Waals surface area contributed by atoms with E-state index in [1.165, 1.54) is 0 Å². The second kappa shape index (κ2) is 8.24. The Labute approximate surface area is 185 Å². The van der Waals surface area contributed by atoms with Crippen LogP contribution in [0.5, 0.6) is 0 Å². The number of carboxylic acid groups (broad SMARTS) is 1. The first-order valence-corrected chi connectivity index (χ1v) is 12.2. The molecule has 4 rings (SSSR count). The Hall–Kier alpha value is -1.30. The number of azide groups is 1. The van der Waals surface area contributed by atoms with Crippen molar-refractivity contribution in [1.82, 2.24) is 0 Å². The summed E-state index contributed by atoms with van der Waals surface area (Å²) in [4.78, 5) is 14.1. The molecule has 0 spiro atoms. The largest absolute Gasteiger partial charge is 0.481 e. The molecule has 0 radical (unpaired) electrons. The van der Waals surface area contributed by atoms with Crippen molar-refractivity contribution in [3.63, 3.8) is 0 Å². The first-order valence-electron chi connectivity index (χ1n) is 12.2. The molecule has 0 heterocycles. The van der Waals surface area contributed by atoms with Crippen molar-refractivity contribution < 1.29 is 20.1 Å². The Bertz CT molecular complexity index is 755. The lowest BCUT2D eigenvalue weighted by Crippen LogP contribution is -2.62. The number of aliphatic hydroxyl groups is 2. The average Bonchev–Trinajstić information content (AvgIpc) is 3.07. The fourth-order valence-electron chi connectivity index (χ4n) is 8.86. The van der Waals surface area contributed by atoms with Crippen LogP contribution in [0.15, 0.2) is 5.11 Å². The molecule has 7 heteroatoms. The van der Waals surface area contributed by atoms with Crippen LogP contribution in [0.1, 0.15) is 78.6 Å². The molecule has 4 aliphatic rings. The normalized spacial score (nSPS) is 49.8. The van der Waals surface area contributed by atoms with Gasteiger partial charge in [-0.2, -0.15) is 0 Å². The van der Waals surface area contributed by atoms with Gasteiger partial charge in [0.1, 0.15) is 0 Å². The molecule has 0 aromatic carbocycles. The topological polar surface area (TPSA) is 127 Å². The van der Waals surface area contributed by atoms with E-state index in [4.69, 9.17) is 10.6 Å². The highest BCUT2D eigenvalue weighted by Crippen LogP contribution is 2.68. The molecular formula is C24H39N3O4. The van der Waals surface area contributed by atoms with E-state index < -0.39 is 12.1 Å². The summed E-state index contributed by atoms with van der Waals surface area (Å²) in [5.74, 6) is 0.884. The number of hydrogen-bond donors (Lipinski definition) is 3. The molecule has 0 aromatic heterocycles. The molecule has 4 fully saturated rings. The molecular weight excluding hydrogens is 394 g/mol. The number of rotatable bonds is 5. The standard InChI is InChI=1S/C24H39N3O4/c1-13(4-7-21(30)31)16-5-6-17-22-18(12-20(29)24(16,17)3)23(2)9-8-15(26-27-25)10-14(23)11-19(22)28/h13-20,22,28-29H,4-12H2,1-3H3,(H,30,31)/t13-,14-,15+,16-,17+,18+,19-,20+,22+,23+,24-/m1/s1. The van der Waals surface area contributed by atoms with Gasteiger partial charge in [0.25, 0.3) is 0 Å². The minimum atomic E-state index is -0.756. The zero-order valence-corrected chi connectivity index (χ0v) is 19.2. The zero-order chi connectivity index (χ0) is 22.6. The molecule has 4 saturated carbocycles. The van der Waals surface area contributed by atoms with Crippen LogP contribution in [-0.4, -0.2) is 39.5 Å². The second-order valence-corrected chi connectivity index (χ2v) is 11.6. The summed E-state index contributed by atoms with van der Waals surface area (Å²) in [5, 5.41) is 36.0. The van der Waals surface area contributed by atoms with E-state index in [1.54, 1.807) is 0 Å². The van der Waals surface area contributed by atoms with Gasteiger partial charge in [0, 0.05) is 17.4 Å². The van der Waals surface area contributed by atoms with Crippen LogP contribution in [0.25, 0.3) is 10.4 Å². The number of aliphatic hydroxyl groups excluding tert-OH is 2. The first-order chi connectivity index (χ1) is 14.6. The summed E-state index contributed by atoms with van der Waals surface area (Å²) >= 11 is 0. The third kappa shape index (κ3) is 3.57. The van der Waals surface area contributed by atoms with Crippen molar-refractivity contribution in [3.8, 4) is 0 Å². The zero-order valence-electron chi connectivity index (χ0n) is 19.2. The number of aliphatic carboxylic acids is 1. The van der Waals surface area contributed by atoms with Crippen molar-refractivity contribution in [1.29, 1.82) is 0 Å². The lowest BCUT2D eigenvalue weighted by Gasteiger charge is -2.63. The van der Waals surface area contributed by atoms with Crippen LogP contribution in [0.2, 0.25) is 0 Å². The number of carboxylic acids is 1. The highest BCUT2D eigenvalue weighted by Gasteiger charge is 2.65. The van der Waals surface area contributed by atoms with Gasteiger partial charge in [0.2, 0.25) is 0 Å². The monoisotopic (exact) mass is 433 g/mol. The van der Waals surface area contributed by atoms with E-state index in [0.717, 1.165) is 44.9 Å². The Kier molecular flexibility index (Phi) is 6.08. The highest BCUT2D eigenvalue weighted by atomic mass is 16.4. The second-order valence-electron chi connectivity index (χ2n) is 11.6. The van der Waals surface area contributed by atoms with Crippen molar-refractivity contribution >= 4 is 5.97 Å². The van der Waals surface area contributed by atoms with Gasteiger partial charge in [-0.05, 0) is 103 Å². The minimum absolute atomic E-state index is 0.0246. The van der Waals surface area contributed by atoms with Gasteiger partial charge in [-0.3, -0.25) is 4.79 Å². The summed E-state index contributed by atoms with van der Waals surface area (Å²) in [6, 6.07) is 0.0246. The quantitative estimate of drug-likeness (QED) is 0.328. The number of nitrogens with zero attached hydrogens (tertiary/aromatic N) is 3. The van der Waals surface area contributed by atoms with Crippen LogP contribution in [-0.2, 0) is 4.79 Å². The molecule has 11 atom stereocenters. The van der Waals surface area contributed by atoms with E-state index in [9.17, 15) is 15.0 Å². The van der Waals surface area contributed by atoms with Crippen molar-refractivity contribution in [2.24, 2.45) is 51.5 Å². The number of hydrogen-bond acceptors (Lipinski definition) is 4. The van der Waals surface area contributed by atoms with Gasteiger partial charge in [0.15, 0.2) is 0 Å². The van der Waals surface area contributed by atoms with Gasteiger partial charge in [-0.15, -0.1) is 0 Å².